The molecular formula is C27H30N2O3S. The summed E-state index contributed by atoms with van der Waals surface area (Å²) in [4.78, 5) is 17.3. The molecule has 0 radical (unpaired) electrons. The Labute approximate surface area is 195 Å². The van der Waals surface area contributed by atoms with Crippen LogP contribution < -0.4 is 0 Å². The lowest BCUT2D eigenvalue weighted by atomic mass is 10.0. The van der Waals surface area contributed by atoms with Crippen molar-refractivity contribution in [2.24, 2.45) is 0 Å². The molecule has 1 fully saturated rings. The van der Waals surface area contributed by atoms with E-state index in [9.17, 15) is 13.2 Å². The van der Waals surface area contributed by atoms with Crippen LogP contribution in [0.1, 0.15) is 29.5 Å². The minimum Gasteiger partial charge on any atom is -0.340 e. The quantitative estimate of drug-likeness (QED) is 0.559. The molecule has 1 saturated heterocycles. The first kappa shape index (κ1) is 22.1. The Hall–Kier alpha value is -2.70. The van der Waals surface area contributed by atoms with Gasteiger partial charge in [0.1, 0.15) is 0 Å². The maximum atomic E-state index is 12.8. The van der Waals surface area contributed by atoms with Gasteiger partial charge in [0.05, 0.1) is 10.6 Å². The summed E-state index contributed by atoms with van der Waals surface area (Å²) in [6.45, 7) is 3.74. The number of rotatable bonds is 6. The lowest BCUT2D eigenvalue weighted by molar-refractivity contribution is -0.132. The second-order valence-corrected chi connectivity index (χ2v) is 11.3. The molecule has 33 heavy (non-hydrogen) atoms. The average Bonchev–Trinajstić information content (AvgIpc) is 3.31. The zero-order valence-electron chi connectivity index (χ0n) is 18.9. The Morgan fingerprint density at radius 2 is 1.61 bits per heavy atom. The summed E-state index contributed by atoms with van der Waals surface area (Å²) >= 11 is 0. The minimum atomic E-state index is -3.45. The smallest absolute Gasteiger partial charge is 0.223 e. The number of fused-ring (bicyclic) bond motifs is 2. The van der Waals surface area contributed by atoms with Crippen molar-refractivity contribution >= 4 is 26.5 Å². The first-order valence-corrected chi connectivity index (χ1v) is 13.5. The number of hydrogen-bond donors (Lipinski definition) is 0. The number of benzene rings is 3. The molecule has 0 bridgehead atoms. The summed E-state index contributed by atoms with van der Waals surface area (Å²) in [5, 5.41) is 2.52. The summed E-state index contributed by atoms with van der Waals surface area (Å²) < 4.78 is 25.6. The number of amides is 1. The molecule has 0 aromatic heterocycles. The predicted octanol–water partition coefficient (Wildman–Crippen LogP) is 3.84. The molecule has 1 amide bonds. The summed E-state index contributed by atoms with van der Waals surface area (Å²) in [6, 6.07) is 20.3. The number of hydrogen-bond acceptors (Lipinski definition) is 4. The van der Waals surface area contributed by atoms with Gasteiger partial charge in [0.25, 0.3) is 0 Å². The van der Waals surface area contributed by atoms with Crippen LogP contribution >= 0.6 is 0 Å². The maximum absolute atomic E-state index is 12.8. The Balaban J connectivity index is 1.15. The van der Waals surface area contributed by atoms with Crippen molar-refractivity contribution in [3.05, 3.63) is 77.4 Å². The van der Waals surface area contributed by atoms with E-state index in [4.69, 9.17) is 0 Å². The van der Waals surface area contributed by atoms with Gasteiger partial charge in [0, 0.05) is 39.1 Å². The monoisotopic (exact) mass is 462 g/mol. The molecule has 0 saturated carbocycles. The van der Waals surface area contributed by atoms with Crippen molar-refractivity contribution in [2.45, 2.75) is 37.1 Å². The average molecular weight is 463 g/mol. The molecule has 3 aromatic carbocycles. The first-order valence-electron chi connectivity index (χ1n) is 11.8. The SMILES string of the molecule is O=C(CCS(=O)(=O)c1ccc2c(c1)CCC2)N1CCN(Cc2cccc3ccccc23)CC1. The number of carbonyl (C=O) groups is 1. The number of sulfone groups is 1. The van der Waals surface area contributed by atoms with Crippen LogP contribution in [0, 0.1) is 0 Å². The fraction of sp³-hybridized carbons (Fsp3) is 0.370. The highest BCUT2D eigenvalue weighted by atomic mass is 32.2. The lowest BCUT2D eigenvalue weighted by Gasteiger charge is -2.35. The largest absolute Gasteiger partial charge is 0.340 e. The predicted molar refractivity (Wildman–Crippen MR) is 131 cm³/mol. The molecule has 3 aromatic rings. The normalized spacial score (nSPS) is 16.8. The number of nitrogens with zero attached hydrogens (tertiary/aromatic N) is 2. The lowest BCUT2D eigenvalue weighted by Crippen LogP contribution is -2.48. The standard InChI is InChI=1S/C27H30N2O3S/c30-27(13-18-33(31,32)25-12-11-21-6-3-8-23(21)19-25)29-16-14-28(15-17-29)20-24-9-4-7-22-5-1-2-10-26(22)24/h1-2,4-5,7,9-12,19H,3,6,8,13-18,20H2. The molecule has 1 aliphatic heterocycles. The molecule has 2 aliphatic rings. The molecule has 6 heteroatoms. The van der Waals surface area contributed by atoms with Crippen LogP contribution in [0.15, 0.2) is 65.6 Å². The highest BCUT2D eigenvalue weighted by Gasteiger charge is 2.24. The van der Waals surface area contributed by atoms with Crippen LogP contribution in [0.4, 0.5) is 0 Å². The van der Waals surface area contributed by atoms with Crippen molar-refractivity contribution in [1.82, 2.24) is 9.80 Å². The third-order valence-corrected chi connectivity index (χ3v) is 8.73. The third-order valence-electron chi connectivity index (χ3n) is 7.01. The van der Waals surface area contributed by atoms with E-state index in [-0.39, 0.29) is 18.1 Å². The van der Waals surface area contributed by atoms with Gasteiger partial charge in [-0.3, -0.25) is 9.69 Å². The van der Waals surface area contributed by atoms with E-state index in [1.54, 1.807) is 6.07 Å². The third kappa shape index (κ3) is 4.82. The van der Waals surface area contributed by atoms with E-state index in [1.807, 2.05) is 17.0 Å². The van der Waals surface area contributed by atoms with Gasteiger partial charge in [-0.25, -0.2) is 8.42 Å². The minimum absolute atomic E-state index is 0.0444. The van der Waals surface area contributed by atoms with E-state index in [0.29, 0.717) is 18.0 Å². The fourth-order valence-corrected chi connectivity index (χ4v) is 6.34. The highest BCUT2D eigenvalue weighted by molar-refractivity contribution is 7.91. The number of carbonyl (C=O) groups excluding carboxylic acids is 1. The maximum Gasteiger partial charge on any atom is 0.223 e. The zero-order valence-corrected chi connectivity index (χ0v) is 19.7. The number of piperazine rings is 1. The molecule has 1 heterocycles. The second-order valence-electron chi connectivity index (χ2n) is 9.15. The molecule has 5 rings (SSSR count). The fourth-order valence-electron chi connectivity index (χ4n) is 5.07. The summed E-state index contributed by atoms with van der Waals surface area (Å²) in [7, 11) is -3.45. The highest BCUT2D eigenvalue weighted by Crippen LogP contribution is 2.26. The van der Waals surface area contributed by atoms with Crippen molar-refractivity contribution in [2.75, 3.05) is 31.9 Å². The van der Waals surface area contributed by atoms with Crippen molar-refractivity contribution < 1.29 is 13.2 Å². The molecule has 0 spiro atoms. The van der Waals surface area contributed by atoms with Crippen molar-refractivity contribution in [3.63, 3.8) is 0 Å². The van der Waals surface area contributed by atoms with Gasteiger partial charge in [-0.15, -0.1) is 0 Å². The van der Waals surface area contributed by atoms with Crippen LogP contribution in [0.25, 0.3) is 10.8 Å². The van der Waals surface area contributed by atoms with Gasteiger partial charge in [0.15, 0.2) is 9.84 Å². The van der Waals surface area contributed by atoms with Gasteiger partial charge in [-0.1, -0.05) is 48.5 Å². The van der Waals surface area contributed by atoms with E-state index in [1.165, 1.54) is 21.9 Å². The van der Waals surface area contributed by atoms with E-state index >= 15 is 0 Å². The van der Waals surface area contributed by atoms with Crippen LogP contribution in [0.5, 0.6) is 0 Å². The first-order chi connectivity index (χ1) is 16.0. The van der Waals surface area contributed by atoms with E-state index in [0.717, 1.165) is 44.5 Å². The van der Waals surface area contributed by atoms with Crippen molar-refractivity contribution in [1.29, 1.82) is 0 Å². The van der Waals surface area contributed by atoms with Gasteiger partial charge < -0.3 is 4.90 Å². The molecule has 1 aliphatic carbocycles. The molecule has 0 atom stereocenters. The molecule has 0 unspecified atom stereocenters. The van der Waals surface area contributed by atoms with Crippen LogP contribution in [-0.2, 0) is 34.0 Å². The Morgan fingerprint density at radius 3 is 2.45 bits per heavy atom. The Kier molecular flexibility index (Phi) is 6.21. The number of aryl methyl sites for hydroxylation is 2. The van der Waals surface area contributed by atoms with Gasteiger partial charge in [-0.2, -0.15) is 0 Å². The van der Waals surface area contributed by atoms with Gasteiger partial charge in [0.2, 0.25) is 5.91 Å². The summed E-state index contributed by atoms with van der Waals surface area (Å²) in [5.41, 5.74) is 3.70. The Morgan fingerprint density at radius 1 is 0.848 bits per heavy atom. The van der Waals surface area contributed by atoms with Gasteiger partial charge >= 0.3 is 0 Å². The molecule has 0 N–H and O–H groups in total. The topological polar surface area (TPSA) is 57.7 Å². The van der Waals surface area contributed by atoms with E-state index in [2.05, 4.69) is 47.4 Å². The summed E-state index contributed by atoms with van der Waals surface area (Å²) in [5.74, 6) is -0.189. The second kappa shape index (κ2) is 9.27. The summed E-state index contributed by atoms with van der Waals surface area (Å²) in [6.07, 6.45) is 3.10. The van der Waals surface area contributed by atoms with Crippen molar-refractivity contribution in [3.8, 4) is 0 Å². The van der Waals surface area contributed by atoms with E-state index < -0.39 is 9.84 Å². The Bertz CT molecular complexity index is 1270. The molecule has 172 valence electrons. The molecular weight excluding hydrogens is 432 g/mol. The molecule has 5 nitrogen and oxygen atoms in total. The van der Waals surface area contributed by atoms with Gasteiger partial charge in [-0.05, 0) is 58.9 Å². The zero-order chi connectivity index (χ0) is 22.8. The van der Waals surface area contributed by atoms with Crippen LogP contribution in [0.2, 0.25) is 0 Å². The van der Waals surface area contributed by atoms with Crippen LogP contribution in [-0.4, -0.2) is 56.1 Å². The van der Waals surface area contributed by atoms with Crippen LogP contribution in [0.3, 0.4) is 0 Å².